The number of amides is 1. The van der Waals surface area contributed by atoms with Crippen LogP contribution in [0, 0.1) is 5.82 Å². The maximum absolute atomic E-state index is 13.1. The molecule has 0 saturated carbocycles. The van der Waals surface area contributed by atoms with Crippen LogP contribution in [-0.4, -0.2) is 22.4 Å². The number of nitrogens with one attached hydrogen (secondary N) is 2. The Balaban J connectivity index is 2.15. The van der Waals surface area contributed by atoms with E-state index in [0.29, 0.717) is 18.1 Å². The van der Waals surface area contributed by atoms with Crippen molar-refractivity contribution >= 4 is 33.3 Å². The molecule has 0 spiro atoms. The Labute approximate surface area is 123 Å². The van der Waals surface area contributed by atoms with Crippen LogP contribution in [0.1, 0.15) is 17.4 Å². The van der Waals surface area contributed by atoms with Gasteiger partial charge in [-0.1, -0.05) is 0 Å². The summed E-state index contributed by atoms with van der Waals surface area (Å²) in [4.78, 5) is 20.1. The molecule has 0 unspecified atom stereocenters. The Bertz CT molecular complexity index is 636. The van der Waals surface area contributed by atoms with Crippen LogP contribution in [0.4, 0.5) is 15.9 Å². The van der Waals surface area contributed by atoms with Crippen molar-refractivity contribution in [3.63, 3.8) is 0 Å². The first kappa shape index (κ1) is 14.4. The summed E-state index contributed by atoms with van der Waals surface area (Å²) >= 11 is 3.06. The van der Waals surface area contributed by atoms with Crippen LogP contribution in [0.15, 0.2) is 35.1 Å². The van der Waals surface area contributed by atoms with Crippen molar-refractivity contribution in [3.05, 3.63) is 46.6 Å². The topological polar surface area (TPSA) is 66.9 Å². The second-order valence-corrected chi connectivity index (χ2v) is 4.76. The Kier molecular flexibility index (Phi) is 4.62. The Hall–Kier alpha value is -2.02. The molecule has 2 aromatic rings. The fourth-order valence-corrected chi connectivity index (χ4v) is 1.89. The van der Waals surface area contributed by atoms with Gasteiger partial charge in [0.05, 0.1) is 16.9 Å². The molecule has 2 N–H and O–H groups in total. The summed E-state index contributed by atoms with van der Waals surface area (Å²) in [6.45, 7) is 2.61. The van der Waals surface area contributed by atoms with Crippen molar-refractivity contribution in [2.45, 2.75) is 6.92 Å². The number of nitrogens with zero attached hydrogens (tertiary/aromatic N) is 2. The Morgan fingerprint density at radius 3 is 2.90 bits per heavy atom. The lowest BCUT2D eigenvalue weighted by Crippen LogP contribution is -2.15. The molecule has 1 aromatic carbocycles. The second kappa shape index (κ2) is 6.42. The van der Waals surface area contributed by atoms with Gasteiger partial charge in [0.1, 0.15) is 17.3 Å². The molecule has 0 aliphatic carbocycles. The number of hydrogen-bond acceptors (Lipinski definition) is 4. The number of aromatic nitrogens is 2. The second-order valence-electron chi connectivity index (χ2n) is 3.90. The third kappa shape index (κ3) is 3.51. The molecule has 0 aliphatic heterocycles. The molecule has 0 aliphatic rings. The number of benzene rings is 1. The van der Waals surface area contributed by atoms with Gasteiger partial charge < -0.3 is 10.6 Å². The van der Waals surface area contributed by atoms with Gasteiger partial charge in [0, 0.05) is 12.2 Å². The highest BCUT2D eigenvalue weighted by Crippen LogP contribution is 2.20. The SMILES string of the molecule is CCNc1cncc(C(=O)Nc2ccc(F)c(Br)c2)n1. The van der Waals surface area contributed by atoms with Crippen molar-refractivity contribution in [1.82, 2.24) is 9.97 Å². The van der Waals surface area contributed by atoms with Gasteiger partial charge in [0.15, 0.2) is 0 Å². The fourth-order valence-electron chi connectivity index (χ4n) is 1.51. The average molecular weight is 339 g/mol. The van der Waals surface area contributed by atoms with E-state index in [4.69, 9.17) is 0 Å². The first-order chi connectivity index (χ1) is 9.60. The minimum Gasteiger partial charge on any atom is -0.369 e. The number of carbonyl (C=O) groups excluding carboxylic acids is 1. The van der Waals surface area contributed by atoms with E-state index in [9.17, 15) is 9.18 Å². The summed E-state index contributed by atoms with van der Waals surface area (Å²) in [5.41, 5.74) is 0.655. The standard InChI is InChI=1S/C13H12BrFN4O/c1-2-17-12-7-16-6-11(19-12)13(20)18-8-3-4-10(15)9(14)5-8/h3-7H,2H2,1H3,(H,17,19)(H,18,20). The Morgan fingerprint density at radius 1 is 1.40 bits per heavy atom. The van der Waals surface area contributed by atoms with E-state index >= 15 is 0 Å². The third-order valence-electron chi connectivity index (χ3n) is 2.40. The monoisotopic (exact) mass is 338 g/mol. The lowest BCUT2D eigenvalue weighted by atomic mass is 10.3. The lowest BCUT2D eigenvalue weighted by molar-refractivity contribution is 0.102. The zero-order valence-electron chi connectivity index (χ0n) is 10.7. The van der Waals surface area contributed by atoms with Gasteiger partial charge in [0.2, 0.25) is 0 Å². The summed E-state index contributed by atoms with van der Waals surface area (Å²) in [7, 11) is 0. The first-order valence-electron chi connectivity index (χ1n) is 5.92. The summed E-state index contributed by atoms with van der Waals surface area (Å²) in [5, 5.41) is 5.60. The highest BCUT2D eigenvalue weighted by atomic mass is 79.9. The van der Waals surface area contributed by atoms with E-state index in [1.165, 1.54) is 30.6 Å². The summed E-state index contributed by atoms with van der Waals surface area (Å²) < 4.78 is 13.4. The van der Waals surface area contributed by atoms with Crippen molar-refractivity contribution < 1.29 is 9.18 Å². The van der Waals surface area contributed by atoms with Gasteiger partial charge >= 0.3 is 0 Å². The van der Waals surface area contributed by atoms with Crippen molar-refractivity contribution in [1.29, 1.82) is 0 Å². The Morgan fingerprint density at radius 2 is 2.20 bits per heavy atom. The molecule has 2 rings (SSSR count). The third-order valence-corrected chi connectivity index (χ3v) is 3.01. The molecule has 1 heterocycles. The van der Waals surface area contributed by atoms with Crippen LogP contribution in [0.5, 0.6) is 0 Å². The van der Waals surface area contributed by atoms with Crippen LogP contribution in [-0.2, 0) is 0 Å². The maximum Gasteiger partial charge on any atom is 0.275 e. The summed E-state index contributed by atoms with van der Waals surface area (Å²) in [6, 6.07) is 4.22. The molecule has 5 nitrogen and oxygen atoms in total. The summed E-state index contributed by atoms with van der Waals surface area (Å²) in [5.74, 6) is -0.270. The molecule has 0 bridgehead atoms. The molecular formula is C13H12BrFN4O. The van der Waals surface area contributed by atoms with Crippen molar-refractivity contribution in [2.75, 3.05) is 17.2 Å². The number of hydrogen-bond donors (Lipinski definition) is 2. The van der Waals surface area contributed by atoms with Crippen molar-refractivity contribution in [2.24, 2.45) is 0 Å². The van der Waals surface area contributed by atoms with Gasteiger partial charge in [-0.15, -0.1) is 0 Å². The van der Waals surface area contributed by atoms with Gasteiger partial charge in [-0.3, -0.25) is 9.78 Å². The zero-order chi connectivity index (χ0) is 14.5. The van der Waals surface area contributed by atoms with Gasteiger partial charge in [0.25, 0.3) is 5.91 Å². The molecule has 104 valence electrons. The first-order valence-corrected chi connectivity index (χ1v) is 6.71. The number of rotatable bonds is 4. The van der Waals surface area contributed by atoms with Crippen LogP contribution in [0.2, 0.25) is 0 Å². The van der Waals surface area contributed by atoms with E-state index in [0.717, 1.165) is 0 Å². The van der Waals surface area contributed by atoms with Gasteiger partial charge in [-0.25, -0.2) is 9.37 Å². The van der Waals surface area contributed by atoms with E-state index in [2.05, 4.69) is 36.5 Å². The minimum absolute atomic E-state index is 0.184. The maximum atomic E-state index is 13.1. The van der Waals surface area contributed by atoms with Gasteiger partial charge in [-0.05, 0) is 41.1 Å². The predicted octanol–water partition coefficient (Wildman–Crippen LogP) is 3.06. The van der Waals surface area contributed by atoms with Crippen molar-refractivity contribution in [3.8, 4) is 0 Å². The van der Waals surface area contributed by atoms with Gasteiger partial charge in [-0.2, -0.15) is 0 Å². The predicted molar refractivity (Wildman–Crippen MR) is 78.2 cm³/mol. The zero-order valence-corrected chi connectivity index (χ0v) is 12.2. The molecule has 7 heteroatoms. The molecule has 0 saturated heterocycles. The number of halogens is 2. The van der Waals surface area contributed by atoms with E-state index < -0.39 is 11.7 Å². The molecule has 0 atom stereocenters. The number of carbonyl (C=O) groups is 1. The van der Waals surface area contributed by atoms with E-state index in [1.807, 2.05) is 6.92 Å². The largest absolute Gasteiger partial charge is 0.369 e. The van der Waals surface area contributed by atoms with Crippen LogP contribution >= 0.6 is 15.9 Å². The summed E-state index contributed by atoms with van der Waals surface area (Å²) in [6.07, 6.45) is 2.91. The molecule has 1 aromatic heterocycles. The van der Waals surface area contributed by atoms with Crippen LogP contribution in [0.3, 0.4) is 0 Å². The smallest absolute Gasteiger partial charge is 0.275 e. The molecule has 1 amide bonds. The average Bonchev–Trinajstić information content (AvgIpc) is 2.43. The normalized spacial score (nSPS) is 10.2. The molecule has 20 heavy (non-hydrogen) atoms. The quantitative estimate of drug-likeness (QED) is 0.898. The van der Waals surface area contributed by atoms with Crippen LogP contribution < -0.4 is 10.6 Å². The van der Waals surface area contributed by atoms with E-state index in [1.54, 1.807) is 0 Å². The minimum atomic E-state index is -0.407. The van der Waals surface area contributed by atoms with Crippen LogP contribution in [0.25, 0.3) is 0 Å². The molecular weight excluding hydrogens is 327 g/mol. The highest BCUT2D eigenvalue weighted by molar-refractivity contribution is 9.10. The fraction of sp³-hybridized carbons (Fsp3) is 0.154. The number of anilines is 2. The lowest BCUT2D eigenvalue weighted by Gasteiger charge is -2.07. The molecule has 0 radical (unpaired) electrons. The van der Waals surface area contributed by atoms with E-state index in [-0.39, 0.29) is 10.2 Å². The molecule has 0 fully saturated rings. The highest BCUT2D eigenvalue weighted by Gasteiger charge is 2.10.